The number of aliphatic hydroxyl groups excluding tert-OH is 1. The van der Waals surface area contributed by atoms with Crippen molar-refractivity contribution in [3.63, 3.8) is 0 Å². The number of aromatic nitrogens is 2. The Morgan fingerprint density at radius 2 is 1.97 bits per heavy atom. The van der Waals surface area contributed by atoms with Gasteiger partial charge in [0.2, 0.25) is 5.91 Å². The van der Waals surface area contributed by atoms with E-state index in [0.29, 0.717) is 30.5 Å². The van der Waals surface area contributed by atoms with Gasteiger partial charge in [-0.3, -0.25) is 14.9 Å². The predicted molar refractivity (Wildman–Crippen MR) is 137 cm³/mol. The van der Waals surface area contributed by atoms with Crippen LogP contribution in [0.15, 0.2) is 41.4 Å². The molecular weight excluding hydrogens is 466 g/mol. The molecule has 2 aromatic heterocycles. The highest BCUT2D eigenvalue weighted by Gasteiger charge is 2.20. The molecule has 1 fully saturated rings. The highest BCUT2D eigenvalue weighted by atomic mass is 32.1. The maximum Gasteiger partial charge on any atom is 0.276 e. The average molecular weight is 498 g/mol. The Balaban J connectivity index is 1.34. The number of amides is 2. The number of nitrogens with one attached hydrogen (secondary N) is 1. The van der Waals surface area contributed by atoms with Crippen LogP contribution in [0.25, 0.3) is 5.57 Å². The number of pyridine rings is 1. The zero-order valence-electron chi connectivity index (χ0n) is 20.1. The Hall–Kier alpha value is -3.08. The van der Waals surface area contributed by atoms with Crippen LogP contribution in [0.3, 0.4) is 0 Å². The van der Waals surface area contributed by atoms with Gasteiger partial charge < -0.3 is 19.6 Å². The fraction of sp³-hybridized carbons (Fsp3) is 0.440. The summed E-state index contributed by atoms with van der Waals surface area (Å²) in [5.41, 5.74) is 4.09. The van der Waals surface area contributed by atoms with E-state index >= 15 is 0 Å². The third-order valence-corrected chi connectivity index (χ3v) is 6.70. The summed E-state index contributed by atoms with van der Waals surface area (Å²) < 4.78 is 5.60. The molecule has 3 heterocycles. The molecule has 2 aliphatic rings. The van der Waals surface area contributed by atoms with Gasteiger partial charge in [-0.1, -0.05) is 12.2 Å². The lowest BCUT2D eigenvalue weighted by atomic mass is 9.96. The van der Waals surface area contributed by atoms with Gasteiger partial charge in [0.25, 0.3) is 5.91 Å². The number of carbonyl (C=O) groups is 2. The molecule has 186 valence electrons. The van der Waals surface area contributed by atoms with Crippen molar-refractivity contribution in [1.29, 1.82) is 0 Å². The Labute approximate surface area is 209 Å². The molecule has 4 rings (SSSR count). The lowest BCUT2D eigenvalue weighted by molar-refractivity contribution is -0.129. The zero-order valence-corrected chi connectivity index (χ0v) is 20.9. The normalized spacial score (nSPS) is 17.0. The van der Waals surface area contributed by atoms with Gasteiger partial charge >= 0.3 is 0 Å². The van der Waals surface area contributed by atoms with Gasteiger partial charge in [-0.15, -0.1) is 11.3 Å². The number of hydrogen-bond donors (Lipinski definition) is 2. The van der Waals surface area contributed by atoms with Crippen LogP contribution in [-0.4, -0.2) is 77.3 Å². The Morgan fingerprint density at radius 3 is 2.66 bits per heavy atom. The molecule has 1 aliphatic carbocycles. The van der Waals surface area contributed by atoms with E-state index in [1.165, 1.54) is 11.3 Å². The zero-order chi connectivity index (χ0) is 24.8. The molecule has 35 heavy (non-hydrogen) atoms. The molecule has 0 radical (unpaired) electrons. The topological polar surface area (TPSA) is 108 Å². The van der Waals surface area contributed by atoms with Crippen molar-refractivity contribution < 1.29 is 19.4 Å². The number of carbonyl (C=O) groups excluding carboxylic acids is 2. The fourth-order valence-electron chi connectivity index (χ4n) is 4.07. The molecule has 0 saturated carbocycles. The van der Waals surface area contributed by atoms with Crippen LogP contribution in [0, 0.1) is 0 Å². The van der Waals surface area contributed by atoms with Crippen LogP contribution in [0.4, 0.5) is 10.8 Å². The molecule has 9 nitrogen and oxygen atoms in total. The third kappa shape index (κ3) is 6.53. The second-order valence-electron chi connectivity index (χ2n) is 8.68. The lowest BCUT2D eigenvalue weighted by Crippen LogP contribution is -2.48. The molecule has 0 spiro atoms. The van der Waals surface area contributed by atoms with Gasteiger partial charge in [-0.05, 0) is 37.5 Å². The molecule has 0 bridgehead atoms. The van der Waals surface area contributed by atoms with Gasteiger partial charge in [0, 0.05) is 44.1 Å². The van der Waals surface area contributed by atoms with Gasteiger partial charge in [-0.25, -0.2) is 9.97 Å². The number of hydrogen-bond acceptors (Lipinski definition) is 8. The predicted octanol–water partition coefficient (Wildman–Crippen LogP) is 2.96. The number of anilines is 2. The lowest BCUT2D eigenvalue weighted by Gasteiger charge is -2.35. The number of rotatable bonds is 8. The molecule has 0 aromatic carbocycles. The van der Waals surface area contributed by atoms with E-state index in [2.05, 4.69) is 32.3 Å². The van der Waals surface area contributed by atoms with Crippen LogP contribution in [0.1, 0.15) is 42.9 Å². The van der Waals surface area contributed by atoms with Crippen LogP contribution < -0.4 is 10.2 Å². The average Bonchev–Trinajstić information content (AvgIpc) is 3.32. The molecule has 1 atom stereocenters. The van der Waals surface area contributed by atoms with E-state index in [-0.39, 0.29) is 18.4 Å². The second-order valence-corrected chi connectivity index (χ2v) is 9.53. The van der Waals surface area contributed by atoms with E-state index in [0.717, 1.165) is 48.5 Å². The first kappa shape index (κ1) is 25.0. The first-order valence-corrected chi connectivity index (χ1v) is 12.7. The van der Waals surface area contributed by atoms with Gasteiger partial charge in [0.1, 0.15) is 5.69 Å². The van der Waals surface area contributed by atoms with Crippen molar-refractivity contribution in [3.05, 3.63) is 52.8 Å². The molecule has 10 heteroatoms. The van der Waals surface area contributed by atoms with E-state index in [9.17, 15) is 14.7 Å². The van der Waals surface area contributed by atoms with Gasteiger partial charge in [0.05, 0.1) is 36.9 Å². The van der Waals surface area contributed by atoms with Crippen molar-refractivity contribution in [2.24, 2.45) is 0 Å². The second kappa shape index (κ2) is 11.6. The fourth-order valence-corrected chi connectivity index (χ4v) is 4.78. The number of piperazine rings is 1. The maximum atomic E-state index is 12.7. The molecular formula is C25H31N5O4S. The Morgan fingerprint density at radius 1 is 1.20 bits per heavy atom. The summed E-state index contributed by atoms with van der Waals surface area (Å²) in [5, 5.41) is 14.7. The number of allylic oxidation sites excluding steroid dienone is 2. The Kier molecular flexibility index (Phi) is 8.27. The number of ether oxygens (including phenoxy) is 1. The number of nitrogens with zero attached hydrogens (tertiary/aromatic N) is 4. The van der Waals surface area contributed by atoms with E-state index < -0.39 is 6.10 Å². The van der Waals surface area contributed by atoms with Crippen molar-refractivity contribution in [2.75, 3.05) is 49.6 Å². The SMILES string of the molecule is CC(=O)N1CCN(c2ccc(C(=O)Nc3nc(C4=CCCC=C4COC[C@@H](C)O)cs3)nc2)CC1. The summed E-state index contributed by atoms with van der Waals surface area (Å²) in [6.07, 6.45) is 7.33. The van der Waals surface area contributed by atoms with E-state index in [1.807, 2.05) is 16.3 Å². The number of thiazole rings is 1. The molecule has 1 saturated heterocycles. The smallest absolute Gasteiger partial charge is 0.276 e. The summed E-state index contributed by atoms with van der Waals surface area (Å²) in [6.45, 7) is 6.83. The van der Waals surface area contributed by atoms with E-state index in [1.54, 1.807) is 26.1 Å². The quantitative estimate of drug-likeness (QED) is 0.577. The maximum absolute atomic E-state index is 12.7. The summed E-state index contributed by atoms with van der Waals surface area (Å²) in [4.78, 5) is 37.2. The highest BCUT2D eigenvalue weighted by molar-refractivity contribution is 7.14. The third-order valence-electron chi connectivity index (χ3n) is 5.94. The number of aliphatic hydroxyl groups is 1. The van der Waals surface area contributed by atoms with Crippen LogP contribution >= 0.6 is 11.3 Å². The highest BCUT2D eigenvalue weighted by Crippen LogP contribution is 2.31. The molecule has 0 unspecified atom stereocenters. The summed E-state index contributed by atoms with van der Waals surface area (Å²) in [5.74, 6) is -0.218. The minimum atomic E-state index is -0.507. The monoisotopic (exact) mass is 497 g/mol. The van der Waals surface area contributed by atoms with Crippen LogP contribution in [0.5, 0.6) is 0 Å². The van der Waals surface area contributed by atoms with Gasteiger partial charge in [-0.2, -0.15) is 0 Å². The summed E-state index contributed by atoms with van der Waals surface area (Å²) in [7, 11) is 0. The largest absolute Gasteiger partial charge is 0.391 e. The molecule has 2 N–H and O–H groups in total. The van der Waals surface area contributed by atoms with Gasteiger partial charge in [0.15, 0.2) is 5.13 Å². The summed E-state index contributed by atoms with van der Waals surface area (Å²) in [6, 6.07) is 3.59. The Bertz CT molecular complexity index is 1100. The first-order chi connectivity index (χ1) is 16.9. The molecule has 2 amide bonds. The van der Waals surface area contributed by atoms with Crippen LogP contribution in [0.2, 0.25) is 0 Å². The van der Waals surface area contributed by atoms with Crippen LogP contribution in [-0.2, 0) is 9.53 Å². The first-order valence-electron chi connectivity index (χ1n) is 11.8. The van der Waals surface area contributed by atoms with Crippen molar-refractivity contribution in [3.8, 4) is 0 Å². The van der Waals surface area contributed by atoms with Crippen molar-refractivity contribution >= 4 is 39.5 Å². The minimum absolute atomic E-state index is 0.0943. The molecule has 1 aliphatic heterocycles. The van der Waals surface area contributed by atoms with E-state index in [4.69, 9.17) is 4.74 Å². The summed E-state index contributed by atoms with van der Waals surface area (Å²) >= 11 is 1.37. The molecule has 2 aromatic rings. The standard InChI is InChI=1S/C25H31N5O4S/c1-17(31)14-34-15-19-5-3-4-6-21(19)23-16-35-25(27-23)28-24(33)22-8-7-20(13-26-22)30-11-9-29(10-12-30)18(2)32/h5-8,13,16-17,31H,3-4,9-12,14-15H2,1-2H3,(H,27,28,33)/t17-/m1/s1. The minimum Gasteiger partial charge on any atom is -0.391 e. The van der Waals surface area contributed by atoms with Crippen molar-refractivity contribution in [1.82, 2.24) is 14.9 Å². The van der Waals surface area contributed by atoms with Crippen molar-refractivity contribution in [2.45, 2.75) is 32.8 Å².